The van der Waals surface area contributed by atoms with Gasteiger partial charge in [-0.3, -0.25) is 18.3 Å². The average Bonchev–Trinajstić information content (AvgIpc) is 3.44. The van der Waals surface area contributed by atoms with E-state index >= 15 is 0 Å². The van der Waals surface area contributed by atoms with Crippen molar-refractivity contribution < 1.29 is 14.9 Å². The molecule has 0 radical (unpaired) electrons. The van der Waals surface area contributed by atoms with Gasteiger partial charge in [-0.15, -0.1) is 0 Å². The van der Waals surface area contributed by atoms with Gasteiger partial charge < -0.3 is 14.9 Å². The molecule has 2 aromatic heterocycles. The number of ether oxygens (including phenoxy) is 1. The molecule has 2 aromatic rings. The van der Waals surface area contributed by atoms with Gasteiger partial charge in [0.1, 0.15) is 0 Å². The van der Waals surface area contributed by atoms with Gasteiger partial charge in [-0.1, -0.05) is 66.2 Å². The number of aromatic nitrogens is 4. The number of aromatic hydroxyl groups is 2. The molecule has 2 rings (SSSR count). The van der Waals surface area contributed by atoms with Crippen molar-refractivity contribution in [1.29, 1.82) is 0 Å². The maximum absolute atomic E-state index is 12.5. The highest BCUT2D eigenvalue weighted by Crippen LogP contribution is 2.38. The summed E-state index contributed by atoms with van der Waals surface area (Å²) in [6.07, 6.45) is 16.9. The van der Waals surface area contributed by atoms with Crippen LogP contribution in [0, 0.1) is 10.8 Å². The summed E-state index contributed by atoms with van der Waals surface area (Å²) in [5.41, 5.74) is 0.202. The lowest BCUT2D eigenvalue weighted by Crippen LogP contribution is -2.27. The molecule has 0 unspecified atom stereocenters. The van der Waals surface area contributed by atoms with Crippen molar-refractivity contribution in [2.75, 3.05) is 13.2 Å². The topological polar surface area (TPSA) is 104 Å². The van der Waals surface area contributed by atoms with Gasteiger partial charge in [0.05, 0.1) is 12.4 Å². The Hall–Kier alpha value is -2.42. The summed E-state index contributed by atoms with van der Waals surface area (Å²) < 4.78 is 12.1. The largest absolute Gasteiger partial charge is 0.493 e. The van der Waals surface area contributed by atoms with Crippen molar-refractivity contribution in [3.63, 3.8) is 0 Å². The van der Waals surface area contributed by atoms with Gasteiger partial charge in [0, 0.05) is 39.4 Å². The van der Waals surface area contributed by atoms with Gasteiger partial charge in [0.15, 0.2) is 0 Å². The van der Waals surface area contributed by atoms with Crippen LogP contribution < -0.4 is 11.4 Å². The Labute approximate surface area is 253 Å². The maximum atomic E-state index is 12.5. The molecule has 9 heteroatoms. The minimum absolute atomic E-state index is 0.0613. The molecule has 242 valence electrons. The third-order valence-electron chi connectivity index (χ3n) is 10.2. The number of aryl methyl sites for hydroxylation is 2. The number of hydrogen-bond donors (Lipinski definition) is 2. The second-order valence-electron chi connectivity index (χ2n) is 12.2. The van der Waals surface area contributed by atoms with Gasteiger partial charge in [0.2, 0.25) is 11.8 Å². The van der Waals surface area contributed by atoms with E-state index in [1.54, 1.807) is 9.13 Å². The fraction of sp³-hybridized carbons (Fsp3) is 0.818. The lowest BCUT2D eigenvalue weighted by molar-refractivity contribution is 0.113. The highest BCUT2D eigenvalue weighted by atomic mass is 16.5. The minimum atomic E-state index is -0.126. The Balaban J connectivity index is 1.68. The smallest absolute Gasteiger partial charge is 0.331 e. The van der Waals surface area contributed by atoms with E-state index in [1.807, 2.05) is 13.8 Å². The predicted molar refractivity (Wildman–Crippen MR) is 170 cm³/mol. The van der Waals surface area contributed by atoms with Crippen molar-refractivity contribution in [2.45, 2.75) is 151 Å². The number of nitrogens with zero attached hydrogens (tertiary/aromatic N) is 4. The Morgan fingerprint density at radius 2 is 1.00 bits per heavy atom. The second-order valence-corrected chi connectivity index (χ2v) is 12.2. The number of rotatable bonds is 23. The molecule has 0 saturated heterocycles. The molecule has 0 fully saturated rings. The SMILES string of the molecule is CCn1cc(O)n(CCCC(CC)(CC)CCCCOCCCCC(CC)(CC)CCn2c(O)cn(CC)c2=O)c1=O. The number of hydrogen-bond acceptors (Lipinski definition) is 5. The Bertz CT molecular complexity index is 1150. The molecule has 0 bridgehead atoms. The van der Waals surface area contributed by atoms with E-state index in [2.05, 4.69) is 27.7 Å². The number of unbranched alkanes of at least 4 members (excludes halogenated alkanes) is 2. The van der Waals surface area contributed by atoms with Gasteiger partial charge in [-0.05, 0) is 69.6 Å². The van der Waals surface area contributed by atoms with E-state index in [-0.39, 0.29) is 34.0 Å². The zero-order valence-corrected chi connectivity index (χ0v) is 27.5. The fourth-order valence-corrected chi connectivity index (χ4v) is 6.54. The molecule has 0 aliphatic carbocycles. The van der Waals surface area contributed by atoms with Crippen LogP contribution in [0.25, 0.3) is 0 Å². The highest BCUT2D eigenvalue weighted by molar-refractivity contribution is 5.06. The first-order chi connectivity index (χ1) is 20.1. The van der Waals surface area contributed by atoms with Crippen molar-refractivity contribution in [3.05, 3.63) is 33.4 Å². The standard InChI is InChI=1S/C33H60N4O5/c1-7-32(8-2,20-17-22-36-28(38)26-34(11-5)30(36)40)18-13-15-24-42-25-16-14-19-33(9-3,10-4)21-23-37-29(39)27-35(12-6)31(37)41/h26-27,38-39H,7-25H2,1-6H3. The normalized spacial score (nSPS) is 12.4. The second kappa shape index (κ2) is 17.6. The lowest BCUT2D eigenvalue weighted by atomic mass is 9.74. The molecular formula is C33H60N4O5. The van der Waals surface area contributed by atoms with Crippen molar-refractivity contribution in [3.8, 4) is 11.8 Å². The maximum Gasteiger partial charge on any atom is 0.331 e. The molecule has 0 aromatic carbocycles. The molecule has 2 heterocycles. The minimum Gasteiger partial charge on any atom is -0.493 e. The van der Waals surface area contributed by atoms with E-state index in [1.165, 1.54) is 21.5 Å². The van der Waals surface area contributed by atoms with Crippen LogP contribution in [0.4, 0.5) is 0 Å². The monoisotopic (exact) mass is 592 g/mol. The van der Waals surface area contributed by atoms with E-state index < -0.39 is 0 Å². The van der Waals surface area contributed by atoms with Crippen LogP contribution in [-0.4, -0.2) is 41.7 Å². The van der Waals surface area contributed by atoms with E-state index in [0.29, 0.717) is 26.2 Å². The molecule has 0 atom stereocenters. The van der Waals surface area contributed by atoms with Crippen molar-refractivity contribution in [1.82, 2.24) is 18.3 Å². The van der Waals surface area contributed by atoms with E-state index in [9.17, 15) is 19.8 Å². The molecule has 0 aliphatic heterocycles. The van der Waals surface area contributed by atoms with Crippen LogP contribution in [0.2, 0.25) is 0 Å². The highest BCUT2D eigenvalue weighted by Gasteiger charge is 2.27. The average molecular weight is 593 g/mol. The van der Waals surface area contributed by atoms with Gasteiger partial charge in [0.25, 0.3) is 0 Å². The molecule has 0 spiro atoms. The summed E-state index contributed by atoms with van der Waals surface area (Å²) in [5.74, 6) is 0.124. The first-order valence-corrected chi connectivity index (χ1v) is 16.7. The summed E-state index contributed by atoms with van der Waals surface area (Å²) in [7, 11) is 0. The third kappa shape index (κ3) is 9.55. The molecule has 42 heavy (non-hydrogen) atoms. The van der Waals surface area contributed by atoms with Crippen LogP contribution in [0.15, 0.2) is 22.0 Å². The van der Waals surface area contributed by atoms with Crippen LogP contribution >= 0.6 is 0 Å². The zero-order valence-electron chi connectivity index (χ0n) is 27.5. The van der Waals surface area contributed by atoms with Crippen molar-refractivity contribution >= 4 is 0 Å². The molecule has 0 amide bonds. The molecule has 2 N–H and O–H groups in total. The quantitative estimate of drug-likeness (QED) is 0.137. The first-order valence-electron chi connectivity index (χ1n) is 16.7. The fourth-order valence-electron chi connectivity index (χ4n) is 6.54. The number of imidazole rings is 2. The molecule has 9 nitrogen and oxygen atoms in total. The molecular weight excluding hydrogens is 532 g/mol. The van der Waals surface area contributed by atoms with Crippen LogP contribution in [-0.2, 0) is 30.9 Å². The van der Waals surface area contributed by atoms with Gasteiger partial charge in [-0.2, -0.15) is 0 Å². The Kier molecular flexibility index (Phi) is 15.0. The van der Waals surface area contributed by atoms with E-state index in [4.69, 9.17) is 4.74 Å². The van der Waals surface area contributed by atoms with Crippen molar-refractivity contribution in [2.24, 2.45) is 10.8 Å². The van der Waals surface area contributed by atoms with Gasteiger partial charge in [-0.25, -0.2) is 9.59 Å². The Morgan fingerprint density at radius 1 is 0.595 bits per heavy atom. The molecule has 0 aliphatic rings. The van der Waals surface area contributed by atoms with Crippen LogP contribution in [0.5, 0.6) is 11.8 Å². The summed E-state index contributed by atoms with van der Waals surface area (Å²) in [6.45, 7) is 16.7. The summed E-state index contributed by atoms with van der Waals surface area (Å²) in [4.78, 5) is 24.9. The first kappa shape index (κ1) is 35.8. The Morgan fingerprint density at radius 3 is 1.40 bits per heavy atom. The van der Waals surface area contributed by atoms with Crippen LogP contribution in [0.3, 0.4) is 0 Å². The summed E-state index contributed by atoms with van der Waals surface area (Å²) in [6, 6.07) is 0. The van der Waals surface area contributed by atoms with E-state index in [0.717, 1.165) is 96.7 Å². The third-order valence-corrected chi connectivity index (χ3v) is 10.2. The summed E-state index contributed by atoms with van der Waals surface area (Å²) in [5, 5.41) is 20.3. The lowest BCUT2D eigenvalue weighted by Gasteiger charge is -2.32. The predicted octanol–water partition coefficient (Wildman–Crippen LogP) is 6.90. The molecule has 0 saturated carbocycles. The zero-order chi connectivity index (χ0) is 31.2. The summed E-state index contributed by atoms with van der Waals surface area (Å²) >= 11 is 0. The van der Waals surface area contributed by atoms with Crippen LogP contribution in [0.1, 0.15) is 125 Å². The van der Waals surface area contributed by atoms with Gasteiger partial charge >= 0.3 is 11.4 Å².